The molecular formula is C13H16ClN3S. The molecule has 1 aromatic carbocycles. The van der Waals surface area contributed by atoms with Crippen molar-refractivity contribution in [3.8, 4) is 0 Å². The highest BCUT2D eigenvalue weighted by molar-refractivity contribution is 7.15. The van der Waals surface area contributed by atoms with Crippen molar-refractivity contribution in [2.24, 2.45) is 0 Å². The van der Waals surface area contributed by atoms with Crippen molar-refractivity contribution in [1.82, 2.24) is 4.98 Å². The quantitative estimate of drug-likeness (QED) is 0.924. The molecule has 0 spiro atoms. The van der Waals surface area contributed by atoms with Crippen LogP contribution in [0.3, 0.4) is 0 Å². The number of hydrogen-bond acceptors (Lipinski definition) is 4. The van der Waals surface area contributed by atoms with Gasteiger partial charge in [0.2, 0.25) is 0 Å². The van der Waals surface area contributed by atoms with Crippen LogP contribution in [0.25, 0.3) is 0 Å². The second kappa shape index (κ2) is 5.59. The van der Waals surface area contributed by atoms with Gasteiger partial charge in [-0.3, -0.25) is 0 Å². The number of aryl methyl sites for hydroxylation is 1. The highest BCUT2D eigenvalue weighted by atomic mass is 35.5. The van der Waals surface area contributed by atoms with Gasteiger partial charge in [-0.25, -0.2) is 4.98 Å². The van der Waals surface area contributed by atoms with Crippen LogP contribution >= 0.6 is 22.9 Å². The van der Waals surface area contributed by atoms with Crippen LogP contribution in [-0.2, 0) is 6.54 Å². The zero-order valence-corrected chi connectivity index (χ0v) is 12.3. The van der Waals surface area contributed by atoms with Gasteiger partial charge >= 0.3 is 0 Å². The molecule has 1 N–H and O–H groups in total. The molecule has 0 unspecified atom stereocenters. The van der Waals surface area contributed by atoms with Gasteiger partial charge in [0, 0.05) is 25.2 Å². The monoisotopic (exact) mass is 281 g/mol. The maximum Gasteiger partial charge on any atom is 0.183 e. The molecule has 2 rings (SSSR count). The first kappa shape index (κ1) is 13.2. The van der Waals surface area contributed by atoms with Crippen LogP contribution in [0, 0.1) is 6.92 Å². The Bertz CT molecular complexity index is 537. The number of nitrogens with zero attached hydrogens (tertiary/aromatic N) is 2. The Hall–Kier alpha value is -1.26. The summed E-state index contributed by atoms with van der Waals surface area (Å²) in [6.45, 7) is 2.84. The highest BCUT2D eigenvalue weighted by Crippen LogP contribution is 2.27. The molecule has 18 heavy (non-hydrogen) atoms. The zero-order valence-electron chi connectivity index (χ0n) is 10.7. The number of benzene rings is 1. The van der Waals surface area contributed by atoms with Crippen molar-refractivity contribution in [2.45, 2.75) is 13.5 Å². The second-order valence-corrected chi connectivity index (χ2v) is 6.05. The van der Waals surface area contributed by atoms with Gasteiger partial charge in [-0.1, -0.05) is 17.7 Å². The Labute approximate surface area is 116 Å². The SMILES string of the molecule is Cc1ccc(N(C)C)c(NCc2cnc(Cl)s2)c1. The molecule has 0 radical (unpaired) electrons. The Morgan fingerprint density at radius 3 is 2.78 bits per heavy atom. The fourth-order valence-corrected chi connectivity index (χ4v) is 2.65. The number of anilines is 2. The Morgan fingerprint density at radius 2 is 2.17 bits per heavy atom. The van der Waals surface area contributed by atoms with Crippen molar-refractivity contribution >= 4 is 34.3 Å². The average Bonchev–Trinajstić information content (AvgIpc) is 2.72. The molecule has 3 nitrogen and oxygen atoms in total. The van der Waals surface area contributed by atoms with E-state index in [0.717, 1.165) is 17.1 Å². The van der Waals surface area contributed by atoms with E-state index in [9.17, 15) is 0 Å². The number of thiazole rings is 1. The number of rotatable bonds is 4. The lowest BCUT2D eigenvalue weighted by Crippen LogP contribution is -2.12. The smallest absolute Gasteiger partial charge is 0.183 e. The van der Waals surface area contributed by atoms with Crippen LogP contribution < -0.4 is 10.2 Å². The molecule has 0 aliphatic rings. The summed E-state index contributed by atoms with van der Waals surface area (Å²) in [5, 5.41) is 3.44. The van der Waals surface area contributed by atoms with E-state index in [-0.39, 0.29) is 0 Å². The molecule has 0 bridgehead atoms. The minimum absolute atomic E-state index is 0.587. The molecule has 1 heterocycles. The van der Waals surface area contributed by atoms with Gasteiger partial charge in [0.15, 0.2) is 4.47 Å². The van der Waals surface area contributed by atoms with Gasteiger partial charge < -0.3 is 10.2 Å². The summed E-state index contributed by atoms with van der Waals surface area (Å²) >= 11 is 7.32. The summed E-state index contributed by atoms with van der Waals surface area (Å²) in [5.74, 6) is 0. The maximum atomic E-state index is 5.82. The van der Waals surface area contributed by atoms with Crippen LogP contribution in [-0.4, -0.2) is 19.1 Å². The van der Waals surface area contributed by atoms with E-state index in [2.05, 4.69) is 40.3 Å². The van der Waals surface area contributed by atoms with Gasteiger partial charge in [0.1, 0.15) is 0 Å². The number of aromatic nitrogens is 1. The number of halogens is 1. The van der Waals surface area contributed by atoms with Crippen LogP contribution in [0.1, 0.15) is 10.4 Å². The Kier molecular flexibility index (Phi) is 4.09. The third-order valence-electron chi connectivity index (χ3n) is 2.61. The maximum absolute atomic E-state index is 5.82. The zero-order chi connectivity index (χ0) is 13.1. The molecule has 0 saturated heterocycles. The molecule has 5 heteroatoms. The summed E-state index contributed by atoms with van der Waals surface area (Å²) in [7, 11) is 4.08. The van der Waals surface area contributed by atoms with Crippen LogP contribution in [0.2, 0.25) is 4.47 Å². The third kappa shape index (κ3) is 3.15. The third-order valence-corrected chi connectivity index (χ3v) is 3.73. The molecule has 0 aliphatic heterocycles. The molecule has 0 saturated carbocycles. The van der Waals surface area contributed by atoms with Gasteiger partial charge in [-0.05, 0) is 24.6 Å². The first-order valence-corrected chi connectivity index (χ1v) is 6.88. The topological polar surface area (TPSA) is 28.2 Å². The van der Waals surface area contributed by atoms with Crippen molar-refractivity contribution in [3.05, 3.63) is 39.3 Å². The van der Waals surface area contributed by atoms with Gasteiger partial charge in [0.05, 0.1) is 17.9 Å². The van der Waals surface area contributed by atoms with Crippen LogP contribution in [0.5, 0.6) is 0 Å². The summed E-state index contributed by atoms with van der Waals surface area (Å²) < 4.78 is 0.587. The lowest BCUT2D eigenvalue weighted by Gasteiger charge is -2.18. The van der Waals surface area contributed by atoms with E-state index in [0.29, 0.717) is 4.47 Å². The first-order valence-electron chi connectivity index (χ1n) is 5.68. The average molecular weight is 282 g/mol. The molecular weight excluding hydrogens is 266 g/mol. The molecule has 0 atom stereocenters. The van der Waals surface area contributed by atoms with Crippen LogP contribution in [0.4, 0.5) is 11.4 Å². The summed E-state index contributed by atoms with van der Waals surface area (Å²) in [4.78, 5) is 7.27. The minimum atomic E-state index is 0.587. The Morgan fingerprint density at radius 1 is 1.39 bits per heavy atom. The van der Waals surface area contributed by atoms with E-state index < -0.39 is 0 Å². The number of hydrogen-bond donors (Lipinski definition) is 1. The molecule has 0 aliphatic carbocycles. The summed E-state index contributed by atoms with van der Waals surface area (Å²) in [6, 6.07) is 6.39. The van der Waals surface area contributed by atoms with E-state index in [1.54, 1.807) is 0 Å². The summed E-state index contributed by atoms with van der Waals surface area (Å²) in [5.41, 5.74) is 3.55. The van der Waals surface area contributed by atoms with E-state index in [1.165, 1.54) is 22.6 Å². The van der Waals surface area contributed by atoms with Gasteiger partial charge in [0.25, 0.3) is 0 Å². The van der Waals surface area contributed by atoms with E-state index in [4.69, 9.17) is 11.6 Å². The second-order valence-electron chi connectivity index (χ2n) is 4.35. The lowest BCUT2D eigenvalue weighted by molar-refractivity contribution is 1.10. The fraction of sp³-hybridized carbons (Fsp3) is 0.308. The fourth-order valence-electron chi connectivity index (χ4n) is 1.73. The van der Waals surface area contributed by atoms with Crippen molar-refractivity contribution in [3.63, 3.8) is 0 Å². The molecule has 0 fully saturated rings. The predicted molar refractivity (Wildman–Crippen MR) is 80.0 cm³/mol. The van der Waals surface area contributed by atoms with Gasteiger partial charge in [-0.2, -0.15) is 0 Å². The largest absolute Gasteiger partial charge is 0.378 e. The van der Waals surface area contributed by atoms with Crippen LogP contribution in [0.15, 0.2) is 24.4 Å². The molecule has 96 valence electrons. The van der Waals surface area contributed by atoms with Crippen molar-refractivity contribution < 1.29 is 0 Å². The lowest BCUT2D eigenvalue weighted by atomic mass is 10.2. The number of nitrogens with one attached hydrogen (secondary N) is 1. The van der Waals surface area contributed by atoms with Gasteiger partial charge in [-0.15, -0.1) is 11.3 Å². The van der Waals surface area contributed by atoms with Crippen molar-refractivity contribution in [1.29, 1.82) is 0 Å². The molecule has 2 aromatic rings. The highest BCUT2D eigenvalue weighted by Gasteiger charge is 2.05. The standard InChI is InChI=1S/C13H16ClN3S/c1-9-4-5-12(17(2)3)11(6-9)15-7-10-8-16-13(14)18-10/h4-6,8,15H,7H2,1-3H3. The van der Waals surface area contributed by atoms with E-state index >= 15 is 0 Å². The Balaban J connectivity index is 2.15. The van der Waals surface area contributed by atoms with Crippen molar-refractivity contribution in [2.75, 3.05) is 24.3 Å². The van der Waals surface area contributed by atoms with E-state index in [1.807, 2.05) is 20.3 Å². The normalized spacial score (nSPS) is 10.4. The predicted octanol–water partition coefficient (Wildman–Crippen LogP) is 3.78. The summed E-state index contributed by atoms with van der Waals surface area (Å²) in [6.07, 6.45) is 1.81. The molecule has 1 aromatic heterocycles. The first-order chi connectivity index (χ1) is 8.56. The minimum Gasteiger partial charge on any atom is -0.378 e. The molecule has 0 amide bonds.